The molecule has 3 heteroatoms. The summed E-state index contributed by atoms with van der Waals surface area (Å²) in [5.41, 5.74) is 0.414. The predicted octanol–water partition coefficient (Wildman–Crippen LogP) is 1.80. The molecule has 0 radical (unpaired) electrons. The topological polar surface area (TPSA) is 35.5 Å². The van der Waals surface area contributed by atoms with Crippen molar-refractivity contribution in [2.45, 2.75) is 32.2 Å². The Bertz CT molecular complexity index is 293. The van der Waals surface area contributed by atoms with Crippen LogP contribution in [0.4, 0.5) is 0 Å². The van der Waals surface area contributed by atoms with Crippen molar-refractivity contribution in [2.75, 3.05) is 0 Å². The third-order valence-corrected chi connectivity index (χ3v) is 2.60. The molecule has 3 atom stereocenters. The minimum absolute atomic E-state index is 0.253. The summed E-state index contributed by atoms with van der Waals surface area (Å²) in [6.45, 7) is 5.16. The summed E-state index contributed by atoms with van der Waals surface area (Å²) in [7, 11) is 0. The quantitative estimate of drug-likeness (QED) is 0.382. The summed E-state index contributed by atoms with van der Waals surface area (Å²) >= 11 is 0. The number of hydrogen-bond donors (Lipinski definition) is 0. The van der Waals surface area contributed by atoms with E-state index in [1.807, 2.05) is 0 Å². The van der Waals surface area contributed by atoms with Crippen LogP contribution in [0.3, 0.4) is 0 Å². The zero-order valence-electron chi connectivity index (χ0n) is 8.23. The minimum Gasteiger partial charge on any atom is -0.432 e. The molecule has 0 bridgehead atoms. The van der Waals surface area contributed by atoms with Gasteiger partial charge < -0.3 is 9.47 Å². The first-order valence-electron chi connectivity index (χ1n) is 4.87. The predicted molar refractivity (Wildman–Crippen MR) is 51.4 cm³/mol. The SMILES string of the molecule is C=C(C)C(=O)OC1OC2CCC=CC21. The summed E-state index contributed by atoms with van der Waals surface area (Å²) in [6.07, 6.45) is 6.15. The number of carbonyl (C=O) groups is 1. The Balaban J connectivity index is 1.90. The molecular formula is C11H14O3. The fraction of sp³-hybridized carbons (Fsp3) is 0.545. The highest BCUT2D eigenvalue weighted by atomic mass is 16.7. The van der Waals surface area contributed by atoms with Gasteiger partial charge in [0.25, 0.3) is 0 Å². The molecular weight excluding hydrogens is 180 g/mol. The van der Waals surface area contributed by atoms with E-state index in [1.54, 1.807) is 6.92 Å². The van der Waals surface area contributed by atoms with Crippen LogP contribution in [0.15, 0.2) is 24.3 Å². The molecule has 2 aliphatic rings. The van der Waals surface area contributed by atoms with Crippen LogP contribution in [-0.4, -0.2) is 18.4 Å². The van der Waals surface area contributed by atoms with Crippen molar-refractivity contribution in [3.8, 4) is 0 Å². The standard InChI is InChI=1S/C11H14O3/c1-7(2)10(12)14-11-8-5-3-4-6-9(8)13-11/h3,5,8-9,11H,1,4,6H2,2H3. The highest BCUT2D eigenvalue weighted by Gasteiger charge is 2.44. The van der Waals surface area contributed by atoms with E-state index in [0.717, 1.165) is 12.8 Å². The lowest BCUT2D eigenvalue weighted by Crippen LogP contribution is -2.51. The summed E-state index contributed by atoms with van der Waals surface area (Å²) in [4.78, 5) is 11.2. The number of ether oxygens (including phenoxy) is 2. The normalized spacial score (nSPS) is 34.2. The third-order valence-electron chi connectivity index (χ3n) is 2.60. The smallest absolute Gasteiger partial charge is 0.335 e. The van der Waals surface area contributed by atoms with Crippen molar-refractivity contribution in [1.29, 1.82) is 0 Å². The fourth-order valence-corrected chi connectivity index (χ4v) is 1.74. The molecule has 76 valence electrons. The van der Waals surface area contributed by atoms with Crippen LogP contribution in [0, 0.1) is 5.92 Å². The van der Waals surface area contributed by atoms with Crippen LogP contribution >= 0.6 is 0 Å². The summed E-state index contributed by atoms with van der Waals surface area (Å²) in [6, 6.07) is 0. The van der Waals surface area contributed by atoms with Crippen LogP contribution < -0.4 is 0 Å². The van der Waals surface area contributed by atoms with Gasteiger partial charge in [0, 0.05) is 5.57 Å². The van der Waals surface area contributed by atoms with E-state index in [2.05, 4.69) is 18.7 Å². The lowest BCUT2D eigenvalue weighted by atomic mass is 9.87. The molecule has 1 fully saturated rings. The number of rotatable bonds is 2. The molecule has 0 aromatic rings. The van der Waals surface area contributed by atoms with E-state index >= 15 is 0 Å². The average Bonchev–Trinajstić information content (AvgIpc) is 2.13. The first kappa shape index (κ1) is 9.46. The molecule has 2 rings (SSSR count). The van der Waals surface area contributed by atoms with Crippen molar-refractivity contribution in [3.05, 3.63) is 24.3 Å². The maximum absolute atomic E-state index is 11.2. The number of carbonyl (C=O) groups excluding carboxylic acids is 1. The maximum atomic E-state index is 11.2. The number of allylic oxidation sites excluding steroid dienone is 1. The largest absolute Gasteiger partial charge is 0.432 e. The zero-order chi connectivity index (χ0) is 10.1. The minimum atomic E-state index is -0.388. The van der Waals surface area contributed by atoms with Gasteiger partial charge in [-0.15, -0.1) is 0 Å². The van der Waals surface area contributed by atoms with Crippen molar-refractivity contribution < 1.29 is 14.3 Å². The molecule has 3 unspecified atom stereocenters. The van der Waals surface area contributed by atoms with E-state index < -0.39 is 0 Å². The second kappa shape index (κ2) is 3.58. The van der Waals surface area contributed by atoms with Crippen LogP contribution in [-0.2, 0) is 14.3 Å². The number of fused-ring (bicyclic) bond motifs is 1. The van der Waals surface area contributed by atoms with Gasteiger partial charge in [-0.25, -0.2) is 4.79 Å². The van der Waals surface area contributed by atoms with Crippen LogP contribution in [0.5, 0.6) is 0 Å². The monoisotopic (exact) mass is 194 g/mol. The Morgan fingerprint density at radius 1 is 1.64 bits per heavy atom. The van der Waals surface area contributed by atoms with Crippen molar-refractivity contribution in [3.63, 3.8) is 0 Å². The lowest BCUT2D eigenvalue weighted by Gasteiger charge is -2.43. The van der Waals surface area contributed by atoms with Gasteiger partial charge >= 0.3 is 5.97 Å². The van der Waals surface area contributed by atoms with Gasteiger partial charge in [0.15, 0.2) is 0 Å². The number of hydrogen-bond acceptors (Lipinski definition) is 3. The van der Waals surface area contributed by atoms with Gasteiger partial charge in [-0.3, -0.25) is 0 Å². The Labute approximate surface area is 83.4 Å². The second-order valence-corrected chi connectivity index (χ2v) is 3.81. The Morgan fingerprint density at radius 3 is 3.07 bits per heavy atom. The summed E-state index contributed by atoms with van der Waals surface area (Å²) < 4.78 is 10.5. The van der Waals surface area contributed by atoms with Gasteiger partial charge in [-0.1, -0.05) is 18.7 Å². The van der Waals surface area contributed by atoms with Crippen LogP contribution in [0.25, 0.3) is 0 Å². The van der Waals surface area contributed by atoms with Gasteiger partial charge in [-0.2, -0.15) is 0 Å². The summed E-state index contributed by atoms with van der Waals surface area (Å²) in [5.74, 6) is -0.112. The van der Waals surface area contributed by atoms with E-state index in [1.165, 1.54) is 0 Å². The highest BCUT2D eigenvalue weighted by Crippen LogP contribution is 2.36. The van der Waals surface area contributed by atoms with Crippen LogP contribution in [0.1, 0.15) is 19.8 Å². The van der Waals surface area contributed by atoms with E-state index in [9.17, 15) is 4.79 Å². The first-order chi connectivity index (χ1) is 6.68. The molecule has 14 heavy (non-hydrogen) atoms. The Hall–Kier alpha value is -1.09. The average molecular weight is 194 g/mol. The van der Waals surface area contributed by atoms with Crippen LogP contribution in [0.2, 0.25) is 0 Å². The molecule has 1 heterocycles. The molecule has 1 aliphatic carbocycles. The second-order valence-electron chi connectivity index (χ2n) is 3.81. The number of esters is 1. The molecule has 0 aromatic heterocycles. The molecule has 0 aromatic carbocycles. The van der Waals surface area contributed by atoms with E-state index in [4.69, 9.17) is 9.47 Å². The molecule has 3 nitrogen and oxygen atoms in total. The van der Waals surface area contributed by atoms with Gasteiger partial charge in [0.1, 0.15) is 0 Å². The van der Waals surface area contributed by atoms with Gasteiger partial charge in [-0.05, 0) is 19.8 Å². The third kappa shape index (κ3) is 1.60. The fourth-order valence-electron chi connectivity index (χ4n) is 1.74. The maximum Gasteiger partial charge on any atom is 0.335 e. The molecule has 1 saturated heterocycles. The Kier molecular flexibility index (Phi) is 2.42. The lowest BCUT2D eigenvalue weighted by molar-refractivity contribution is -0.277. The molecule has 0 N–H and O–H groups in total. The van der Waals surface area contributed by atoms with Gasteiger partial charge in [0.2, 0.25) is 6.29 Å². The molecule has 0 saturated carbocycles. The first-order valence-corrected chi connectivity index (χ1v) is 4.87. The summed E-state index contributed by atoms with van der Waals surface area (Å²) in [5, 5.41) is 0. The molecule has 0 spiro atoms. The zero-order valence-corrected chi connectivity index (χ0v) is 8.23. The van der Waals surface area contributed by atoms with Crippen molar-refractivity contribution in [1.82, 2.24) is 0 Å². The van der Waals surface area contributed by atoms with E-state index in [0.29, 0.717) is 5.57 Å². The van der Waals surface area contributed by atoms with E-state index in [-0.39, 0.29) is 24.3 Å². The molecule has 0 amide bonds. The van der Waals surface area contributed by atoms with Crippen molar-refractivity contribution >= 4 is 5.97 Å². The molecule has 1 aliphatic heterocycles. The highest BCUT2D eigenvalue weighted by molar-refractivity contribution is 5.87. The van der Waals surface area contributed by atoms with Gasteiger partial charge in [0.05, 0.1) is 12.0 Å². The Morgan fingerprint density at radius 2 is 2.43 bits per heavy atom. The van der Waals surface area contributed by atoms with Crippen molar-refractivity contribution in [2.24, 2.45) is 5.92 Å².